The Hall–Kier alpha value is -2.00. The lowest BCUT2D eigenvalue weighted by Gasteiger charge is -2.03. The Morgan fingerprint density at radius 1 is 0.778 bits per heavy atom. The van der Waals surface area contributed by atoms with Crippen LogP contribution in [-0.2, 0) is 0 Å². The fraction of sp³-hybridized carbons (Fsp3) is 0. The molecule has 0 radical (unpaired) electrons. The van der Waals surface area contributed by atoms with E-state index < -0.39 is 0 Å². The summed E-state index contributed by atoms with van der Waals surface area (Å²) in [6, 6.07) is 20.3. The molecular weight excluding hydrogens is 240 g/mol. The summed E-state index contributed by atoms with van der Waals surface area (Å²) in [6.07, 6.45) is 0. The number of benzene rings is 2. The summed E-state index contributed by atoms with van der Waals surface area (Å²) in [6.45, 7) is 0. The number of nitrogens with zero attached hydrogens (tertiary/aromatic N) is 1. The van der Waals surface area contributed by atoms with Crippen molar-refractivity contribution in [1.29, 1.82) is 0 Å². The zero-order valence-corrected chi connectivity index (χ0v) is 10.6. The molecule has 2 aromatic carbocycles. The molecule has 0 saturated heterocycles. The standard InChI is InChI=1S/C15H12N2S/c18-15-13(11-7-3-1-4-8-11)14(16-17-15)12-9-5-2-6-10-12/h1-10H,(H2,16,17,18). The second kappa shape index (κ2) is 4.70. The molecule has 1 heterocycles. The van der Waals surface area contributed by atoms with Crippen molar-refractivity contribution in [1.82, 2.24) is 10.2 Å². The van der Waals surface area contributed by atoms with Gasteiger partial charge in [0.2, 0.25) is 0 Å². The number of hydrogen-bond acceptors (Lipinski definition) is 2. The van der Waals surface area contributed by atoms with Crippen LogP contribution in [0.2, 0.25) is 0 Å². The highest BCUT2D eigenvalue weighted by Crippen LogP contribution is 2.34. The third-order valence-corrected chi connectivity index (χ3v) is 3.18. The SMILES string of the molecule is Sc1[nH]nc(-c2ccccc2)c1-c1ccccc1. The maximum Gasteiger partial charge on any atom is 0.101 e. The largest absolute Gasteiger partial charge is 0.271 e. The van der Waals surface area contributed by atoms with Crippen LogP contribution < -0.4 is 0 Å². The first-order valence-electron chi connectivity index (χ1n) is 5.74. The molecule has 0 saturated carbocycles. The predicted molar refractivity (Wildman–Crippen MR) is 76.7 cm³/mol. The van der Waals surface area contributed by atoms with Crippen molar-refractivity contribution in [3.05, 3.63) is 60.7 Å². The van der Waals surface area contributed by atoms with E-state index >= 15 is 0 Å². The van der Waals surface area contributed by atoms with Gasteiger partial charge in [0.05, 0.1) is 5.03 Å². The van der Waals surface area contributed by atoms with Gasteiger partial charge in [-0.1, -0.05) is 60.7 Å². The van der Waals surface area contributed by atoms with E-state index in [0.717, 1.165) is 27.4 Å². The smallest absolute Gasteiger partial charge is 0.101 e. The highest BCUT2D eigenvalue weighted by Gasteiger charge is 2.13. The fourth-order valence-electron chi connectivity index (χ4n) is 2.02. The van der Waals surface area contributed by atoms with Crippen LogP contribution in [0, 0.1) is 0 Å². The molecule has 88 valence electrons. The topological polar surface area (TPSA) is 28.7 Å². The van der Waals surface area contributed by atoms with E-state index in [1.54, 1.807) is 0 Å². The molecule has 0 unspecified atom stereocenters. The summed E-state index contributed by atoms with van der Waals surface area (Å²) < 4.78 is 0. The number of rotatable bonds is 2. The Labute approximate surface area is 111 Å². The van der Waals surface area contributed by atoms with E-state index in [1.165, 1.54) is 0 Å². The molecule has 2 nitrogen and oxygen atoms in total. The van der Waals surface area contributed by atoms with E-state index in [4.69, 9.17) is 0 Å². The molecule has 0 bridgehead atoms. The fourth-order valence-corrected chi connectivity index (χ4v) is 2.30. The summed E-state index contributed by atoms with van der Waals surface area (Å²) in [5.74, 6) is 0. The number of aromatic nitrogens is 2. The van der Waals surface area contributed by atoms with Gasteiger partial charge in [0.15, 0.2) is 0 Å². The van der Waals surface area contributed by atoms with Crippen molar-refractivity contribution in [2.75, 3.05) is 0 Å². The molecule has 1 aromatic heterocycles. The summed E-state index contributed by atoms with van der Waals surface area (Å²) in [4.78, 5) is 0. The Bertz CT molecular complexity index is 645. The van der Waals surface area contributed by atoms with Gasteiger partial charge in [-0.05, 0) is 5.56 Å². The third kappa shape index (κ3) is 1.93. The molecule has 0 amide bonds. The lowest BCUT2D eigenvalue weighted by Crippen LogP contribution is -1.82. The average Bonchev–Trinajstić information content (AvgIpc) is 2.83. The first-order chi connectivity index (χ1) is 8.86. The molecule has 0 fully saturated rings. The minimum absolute atomic E-state index is 0.792. The van der Waals surface area contributed by atoms with E-state index in [1.807, 2.05) is 36.4 Å². The Balaban J connectivity index is 2.19. The molecular formula is C15H12N2S. The Morgan fingerprint density at radius 2 is 1.33 bits per heavy atom. The number of H-pyrrole nitrogens is 1. The molecule has 0 aliphatic rings. The lowest BCUT2D eigenvalue weighted by atomic mass is 10.0. The van der Waals surface area contributed by atoms with Crippen molar-refractivity contribution in [3.63, 3.8) is 0 Å². The van der Waals surface area contributed by atoms with Gasteiger partial charge in [0.25, 0.3) is 0 Å². The molecule has 1 N–H and O–H groups in total. The molecule has 0 atom stereocenters. The van der Waals surface area contributed by atoms with Gasteiger partial charge in [-0.25, -0.2) is 0 Å². The number of aromatic amines is 1. The average molecular weight is 252 g/mol. The molecule has 0 spiro atoms. The maximum atomic E-state index is 4.46. The molecule has 18 heavy (non-hydrogen) atoms. The Kier molecular flexibility index (Phi) is 2.90. The first kappa shape index (κ1) is 11.1. The summed E-state index contributed by atoms with van der Waals surface area (Å²) >= 11 is 4.46. The quantitative estimate of drug-likeness (QED) is 0.662. The summed E-state index contributed by atoms with van der Waals surface area (Å²) in [5.41, 5.74) is 4.19. The number of nitrogens with one attached hydrogen (secondary N) is 1. The van der Waals surface area contributed by atoms with Gasteiger partial charge in [-0.2, -0.15) is 5.10 Å². The first-order valence-corrected chi connectivity index (χ1v) is 6.19. The van der Waals surface area contributed by atoms with Crippen molar-refractivity contribution >= 4 is 12.6 Å². The highest BCUT2D eigenvalue weighted by atomic mass is 32.1. The van der Waals surface area contributed by atoms with Crippen LogP contribution >= 0.6 is 12.6 Å². The summed E-state index contributed by atoms with van der Waals surface area (Å²) in [7, 11) is 0. The lowest BCUT2D eigenvalue weighted by molar-refractivity contribution is 1.01. The maximum absolute atomic E-state index is 4.46. The normalized spacial score (nSPS) is 10.5. The number of thiol groups is 1. The van der Waals surface area contributed by atoms with Crippen LogP contribution in [0.4, 0.5) is 0 Å². The molecule has 3 heteroatoms. The van der Waals surface area contributed by atoms with E-state index in [-0.39, 0.29) is 0 Å². The van der Waals surface area contributed by atoms with E-state index in [0.29, 0.717) is 0 Å². The van der Waals surface area contributed by atoms with Crippen LogP contribution in [0.3, 0.4) is 0 Å². The van der Waals surface area contributed by atoms with Crippen molar-refractivity contribution in [3.8, 4) is 22.4 Å². The van der Waals surface area contributed by atoms with Crippen LogP contribution in [0.25, 0.3) is 22.4 Å². The van der Waals surface area contributed by atoms with Gasteiger partial charge < -0.3 is 0 Å². The number of hydrogen-bond donors (Lipinski definition) is 2. The molecule has 3 rings (SSSR count). The van der Waals surface area contributed by atoms with E-state index in [9.17, 15) is 0 Å². The third-order valence-electron chi connectivity index (χ3n) is 2.86. The van der Waals surface area contributed by atoms with Crippen LogP contribution in [0.5, 0.6) is 0 Å². The Morgan fingerprint density at radius 3 is 1.94 bits per heavy atom. The molecule has 0 aliphatic heterocycles. The van der Waals surface area contributed by atoms with Gasteiger partial charge in [0.1, 0.15) is 5.69 Å². The van der Waals surface area contributed by atoms with E-state index in [2.05, 4.69) is 47.1 Å². The van der Waals surface area contributed by atoms with Gasteiger partial charge in [-0.15, -0.1) is 12.6 Å². The molecule has 0 aliphatic carbocycles. The van der Waals surface area contributed by atoms with Crippen LogP contribution in [0.15, 0.2) is 65.7 Å². The second-order valence-corrected chi connectivity index (χ2v) is 4.48. The van der Waals surface area contributed by atoms with Crippen LogP contribution in [0.1, 0.15) is 0 Å². The van der Waals surface area contributed by atoms with Crippen LogP contribution in [-0.4, -0.2) is 10.2 Å². The van der Waals surface area contributed by atoms with Gasteiger partial charge in [0, 0.05) is 11.1 Å². The zero-order chi connectivity index (χ0) is 12.4. The van der Waals surface area contributed by atoms with Gasteiger partial charge in [-0.3, -0.25) is 5.10 Å². The molecule has 3 aromatic rings. The highest BCUT2D eigenvalue weighted by molar-refractivity contribution is 7.80. The minimum atomic E-state index is 0.792. The zero-order valence-electron chi connectivity index (χ0n) is 9.67. The second-order valence-electron chi connectivity index (χ2n) is 4.03. The summed E-state index contributed by atoms with van der Waals surface area (Å²) in [5, 5.41) is 8.10. The minimum Gasteiger partial charge on any atom is -0.271 e. The monoisotopic (exact) mass is 252 g/mol. The van der Waals surface area contributed by atoms with Crippen molar-refractivity contribution < 1.29 is 0 Å². The van der Waals surface area contributed by atoms with Gasteiger partial charge >= 0.3 is 0 Å². The van der Waals surface area contributed by atoms with Crippen molar-refractivity contribution in [2.45, 2.75) is 5.03 Å². The van der Waals surface area contributed by atoms with Crippen molar-refractivity contribution in [2.24, 2.45) is 0 Å². The predicted octanol–water partition coefficient (Wildman–Crippen LogP) is 4.03.